The van der Waals surface area contributed by atoms with Crippen LogP contribution >= 0.6 is 0 Å². The summed E-state index contributed by atoms with van der Waals surface area (Å²) in [7, 11) is 0. The van der Waals surface area contributed by atoms with E-state index >= 15 is 0 Å². The zero-order valence-electron chi connectivity index (χ0n) is 25.4. The van der Waals surface area contributed by atoms with Gasteiger partial charge in [0.15, 0.2) is 34.3 Å². The van der Waals surface area contributed by atoms with Crippen molar-refractivity contribution in [2.75, 3.05) is 0 Å². The molecule has 22 nitrogen and oxygen atoms in total. The number of azo groups is 2. The molecule has 0 aliphatic heterocycles. The fourth-order valence-electron chi connectivity index (χ4n) is 4.77. The number of nitriles is 2. The Morgan fingerprint density at radius 1 is 0.574 bits per heavy atom. The average Bonchev–Trinajstić information content (AvgIpc) is 3.83. The van der Waals surface area contributed by atoms with Gasteiger partial charge in [-0.1, -0.05) is 0 Å². The number of H-pyrrole nitrogens is 2. The van der Waals surface area contributed by atoms with Gasteiger partial charge in [-0.25, -0.2) is 0 Å². The maximum atomic E-state index is 10.6. The minimum absolute atomic E-state index is 0.0265. The van der Waals surface area contributed by atoms with Gasteiger partial charge in [0.1, 0.15) is 34.9 Å². The summed E-state index contributed by atoms with van der Waals surface area (Å²) in [6, 6.07) is 3.43. The molecule has 0 aliphatic carbocycles. The summed E-state index contributed by atoms with van der Waals surface area (Å²) in [6.07, 6.45) is 0. The highest BCUT2D eigenvalue weighted by molar-refractivity contribution is 5.67. The maximum absolute atomic E-state index is 10.6. The lowest BCUT2D eigenvalue weighted by Gasteiger charge is -2.06. The van der Waals surface area contributed by atoms with E-state index in [0.717, 1.165) is 9.36 Å². The number of nitrogens with zero attached hydrogens (tertiary/aromatic N) is 19. The van der Waals surface area contributed by atoms with Crippen molar-refractivity contribution in [1.82, 2.24) is 74.1 Å². The highest BCUT2D eigenvalue weighted by Gasteiger charge is 2.24. The van der Waals surface area contributed by atoms with Crippen molar-refractivity contribution >= 4 is 34.3 Å². The minimum atomic E-state index is -0.710. The minimum Gasteiger partial charge on any atom is -0.479 e. The van der Waals surface area contributed by atoms with Gasteiger partial charge < -0.3 is 15.1 Å². The highest BCUT2D eigenvalue weighted by atomic mass is 16.3. The second-order valence-electron chi connectivity index (χ2n) is 10.2. The molecule has 47 heavy (non-hydrogen) atoms. The molecule has 0 fully saturated rings. The van der Waals surface area contributed by atoms with Gasteiger partial charge in [-0.3, -0.25) is 0 Å². The number of nitrogens with one attached hydrogen (secondary N) is 2. The van der Waals surface area contributed by atoms with Gasteiger partial charge in [0.25, 0.3) is 11.9 Å². The number of rotatable bonds is 6. The van der Waals surface area contributed by atoms with Gasteiger partial charge in [-0.2, -0.15) is 55.2 Å². The first kappa shape index (κ1) is 28.5. The van der Waals surface area contributed by atoms with Crippen LogP contribution in [0.2, 0.25) is 0 Å². The Morgan fingerprint density at radius 2 is 1.00 bits per heavy atom. The van der Waals surface area contributed by atoms with Gasteiger partial charge in [-0.05, 0) is 41.5 Å². The summed E-state index contributed by atoms with van der Waals surface area (Å²) in [5.41, 5.74) is 3.63. The Bertz CT molecular complexity index is 2360. The molecule has 0 spiro atoms. The third kappa shape index (κ3) is 4.60. The molecule has 0 aliphatic rings. The summed E-state index contributed by atoms with van der Waals surface area (Å²) in [6.45, 7) is 10.2. The van der Waals surface area contributed by atoms with Crippen molar-refractivity contribution in [3.63, 3.8) is 0 Å². The molecule has 7 aromatic rings. The molecular formula is C25H21N21O. The van der Waals surface area contributed by atoms with Crippen LogP contribution in [0, 0.1) is 64.2 Å². The van der Waals surface area contributed by atoms with E-state index in [0.29, 0.717) is 57.1 Å². The Balaban J connectivity index is 1.35. The predicted octanol–water partition coefficient (Wildman–Crippen LogP) is 3.11. The Labute approximate surface area is 261 Å². The number of hydrogen-bond acceptors (Lipinski definition) is 16. The van der Waals surface area contributed by atoms with E-state index in [9.17, 15) is 15.6 Å². The SMILES string of the molecule is Cc1nn2nc(C)c(/N=N/c3c(C#N)c(C)nn3-c3nc(O)nc(-n4nc(C)c(C#N)c4/N=N/c4c(C)nn5nc(C)[nH]c45)n3)c2[nH]1. The summed E-state index contributed by atoms with van der Waals surface area (Å²) in [4.78, 5) is 18.6. The molecule has 0 aromatic carbocycles. The molecule has 7 rings (SSSR count). The van der Waals surface area contributed by atoms with E-state index in [1.807, 2.05) is 0 Å². The molecule has 232 valence electrons. The van der Waals surface area contributed by atoms with Crippen LogP contribution in [-0.4, -0.2) is 79.2 Å². The molecule has 0 unspecified atom stereocenters. The number of hydrogen-bond donors (Lipinski definition) is 3. The molecule has 0 radical (unpaired) electrons. The lowest BCUT2D eigenvalue weighted by Crippen LogP contribution is -2.10. The smallest absolute Gasteiger partial charge is 0.320 e. The molecule has 0 saturated heterocycles. The van der Waals surface area contributed by atoms with Gasteiger partial charge in [-0.15, -0.1) is 39.9 Å². The summed E-state index contributed by atoms with van der Waals surface area (Å²) < 4.78 is 5.05. The number of fused-ring (bicyclic) bond motifs is 2. The largest absolute Gasteiger partial charge is 0.479 e. The number of aryl methyl sites for hydroxylation is 6. The Hall–Kier alpha value is -7.23. The first-order valence-electron chi connectivity index (χ1n) is 13.7. The first-order valence-corrected chi connectivity index (χ1v) is 13.7. The van der Waals surface area contributed by atoms with Crippen molar-refractivity contribution in [2.45, 2.75) is 41.5 Å². The van der Waals surface area contributed by atoms with Crippen molar-refractivity contribution in [3.8, 4) is 30.0 Å². The zero-order chi connectivity index (χ0) is 33.1. The van der Waals surface area contributed by atoms with Crippen molar-refractivity contribution in [3.05, 3.63) is 45.6 Å². The third-order valence-electron chi connectivity index (χ3n) is 6.88. The topological polar surface area (TPSA) is 284 Å². The van der Waals surface area contributed by atoms with Gasteiger partial charge in [0.2, 0.25) is 0 Å². The van der Waals surface area contributed by atoms with Crippen LogP contribution in [0.5, 0.6) is 6.01 Å². The van der Waals surface area contributed by atoms with Crippen LogP contribution in [0.25, 0.3) is 23.2 Å². The molecule has 7 aromatic heterocycles. The Kier molecular flexibility index (Phi) is 6.34. The van der Waals surface area contributed by atoms with Crippen LogP contribution in [-0.2, 0) is 0 Å². The van der Waals surface area contributed by atoms with Crippen LogP contribution in [0.4, 0.5) is 23.0 Å². The van der Waals surface area contributed by atoms with E-state index in [1.54, 1.807) is 41.5 Å². The number of aromatic amines is 2. The second-order valence-corrected chi connectivity index (χ2v) is 10.2. The quantitative estimate of drug-likeness (QED) is 0.223. The predicted molar refractivity (Wildman–Crippen MR) is 157 cm³/mol. The summed E-state index contributed by atoms with van der Waals surface area (Å²) in [5.74, 6) is 0.734. The van der Waals surface area contributed by atoms with Gasteiger partial charge in [0, 0.05) is 0 Å². The Morgan fingerprint density at radius 3 is 1.40 bits per heavy atom. The molecule has 0 amide bonds. The van der Waals surface area contributed by atoms with Crippen LogP contribution in [0.3, 0.4) is 0 Å². The fourth-order valence-corrected chi connectivity index (χ4v) is 4.77. The number of aromatic nitrogens is 15. The van der Waals surface area contributed by atoms with Gasteiger partial charge >= 0.3 is 6.01 Å². The molecule has 7 heterocycles. The maximum Gasteiger partial charge on any atom is 0.320 e. The molecular weight excluding hydrogens is 610 g/mol. The highest BCUT2D eigenvalue weighted by Crippen LogP contribution is 2.32. The van der Waals surface area contributed by atoms with Crippen LogP contribution in [0.15, 0.2) is 20.5 Å². The third-order valence-corrected chi connectivity index (χ3v) is 6.88. The fraction of sp³-hybridized carbons (Fsp3) is 0.240. The normalized spacial score (nSPS) is 11.9. The molecule has 3 N–H and O–H groups in total. The molecule has 0 atom stereocenters. The van der Waals surface area contributed by atoms with Crippen LogP contribution in [0.1, 0.15) is 45.6 Å². The monoisotopic (exact) mass is 631 g/mol. The van der Waals surface area contributed by atoms with E-state index in [2.05, 4.69) is 88.1 Å². The van der Waals surface area contributed by atoms with E-state index in [4.69, 9.17) is 0 Å². The zero-order valence-corrected chi connectivity index (χ0v) is 25.4. The molecule has 22 heteroatoms. The lowest BCUT2D eigenvalue weighted by atomic mass is 10.3. The average molecular weight is 632 g/mol. The standard InChI is InChI=1S/C25H21N21O/c1-9-15(7-26)19(35-33-17-11(3)39-45-21(17)28-13(5)41-45)43(37-9)23-30-24(32-25(47)31-23)44-20(16(8-27)10(2)38-44)36-34-18-12(4)40-46-22(18)29-14(6)42-46/h1-6H3,(H,28,41)(H,29,42)(H,30,31,32,47)/b35-33+,36-34+. The van der Waals surface area contributed by atoms with Crippen molar-refractivity contribution in [2.24, 2.45) is 20.5 Å². The van der Waals surface area contributed by atoms with E-state index < -0.39 is 6.01 Å². The molecule has 0 bridgehead atoms. The lowest BCUT2D eigenvalue weighted by molar-refractivity contribution is 0.423. The van der Waals surface area contributed by atoms with Crippen LogP contribution < -0.4 is 0 Å². The molecule has 0 saturated carbocycles. The first-order chi connectivity index (χ1) is 22.6. The number of aromatic hydroxyl groups is 1. The second kappa shape index (κ2) is 10.4. The van der Waals surface area contributed by atoms with Gasteiger partial charge in [0.05, 0.1) is 22.8 Å². The van der Waals surface area contributed by atoms with E-state index in [1.165, 1.54) is 9.26 Å². The van der Waals surface area contributed by atoms with Crippen molar-refractivity contribution in [1.29, 1.82) is 10.5 Å². The van der Waals surface area contributed by atoms with Crippen molar-refractivity contribution < 1.29 is 5.11 Å². The van der Waals surface area contributed by atoms with E-state index in [-0.39, 0.29) is 34.7 Å². The summed E-state index contributed by atoms with van der Waals surface area (Å²) in [5, 5.41) is 73.7. The summed E-state index contributed by atoms with van der Waals surface area (Å²) >= 11 is 0.